The number of hydrogen-bond acceptors (Lipinski definition) is 3. The number of amides is 1. The number of piperazine rings is 1. The van der Waals surface area contributed by atoms with Crippen molar-refractivity contribution in [2.75, 3.05) is 25.0 Å². The molecule has 2 rings (SSSR count). The maximum atomic E-state index is 12.0. The average molecular weight is 261 g/mol. The molecule has 19 heavy (non-hydrogen) atoms. The largest absolute Gasteiger partial charge is 0.325 e. The van der Waals surface area contributed by atoms with E-state index in [0.29, 0.717) is 18.6 Å². The topological polar surface area (TPSA) is 44.4 Å². The van der Waals surface area contributed by atoms with Crippen molar-refractivity contribution in [2.24, 2.45) is 0 Å². The number of carbonyl (C=O) groups is 1. The van der Waals surface area contributed by atoms with Crippen LogP contribution in [0.5, 0.6) is 0 Å². The molecule has 0 radical (unpaired) electrons. The van der Waals surface area contributed by atoms with E-state index >= 15 is 0 Å². The van der Waals surface area contributed by atoms with E-state index in [4.69, 9.17) is 0 Å². The maximum Gasteiger partial charge on any atom is 0.238 e. The highest BCUT2D eigenvalue weighted by Gasteiger charge is 2.22. The van der Waals surface area contributed by atoms with Crippen molar-refractivity contribution in [2.45, 2.75) is 32.9 Å². The van der Waals surface area contributed by atoms with Crippen molar-refractivity contribution in [3.63, 3.8) is 0 Å². The summed E-state index contributed by atoms with van der Waals surface area (Å²) in [6, 6.07) is 8.77. The minimum Gasteiger partial charge on any atom is -0.325 e. The average Bonchev–Trinajstić information content (AvgIpc) is 2.26. The van der Waals surface area contributed by atoms with Crippen LogP contribution in [-0.4, -0.2) is 42.5 Å². The number of aryl methyl sites for hydroxylation is 1. The number of rotatable bonds is 3. The maximum absolute atomic E-state index is 12.0. The van der Waals surface area contributed by atoms with Gasteiger partial charge in [0.05, 0.1) is 6.54 Å². The van der Waals surface area contributed by atoms with Crippen molar-refractivity contribution in [1.82, 2.24) is 10.2 Å². The molecule has 4 nitrogen and oxygen atoms in total. The smallest absolute Gasteiger partial charge is 0.238 e. The summed E-state index contributed by atoms with van der Waals surface area (Å²) in [5, 5.41) is 6.42. The molecule has 1 amide bonds. The molecule has 0 aliphatic carbocycles. The zero-order chi connectivity index (χ0) is 13.8. The van der Waals surface area contributed by atoms with Crippen molar-refractivity contribution in [3.05, 3.63) is 29.8 Å². The SMILES string of the molecule is Cc1cccc(NC(=O)CN2CC(C)NC(C)C2)c1. The molecular weight excluding hydrogens is 238 g/mol. The van der Waals surface area contributed by atoms with Gasteiger partial charge in [-0.25, -0.2) is 0 Å². The summed E-state index contributed by atoms with van der Waals surface area (Å²) in [7, 11) is 0. The zero-order valence-electron chi connectivity index (χ0n) is 11.9. The Hall–Kier alpha value is -1.39. The number of anilines is 1. The Balaban J connectivity index is 1.87. The van der Waals surface area contributed by atoms with Crippen LogP contribution in [0.15, 0.2) is 24.3 Å². The lowest BCUT2D eigenvalue weighted by atomic mass is 10.1. The molecule has 1 fully saturated rings. The van der Waals surface area contributed by atoms with Crippen molar-refractivity contribution in [3.8, 4) is 0 Å². The van der Waals surface area contributed by atoms with Crippen molar-refractivity contribution < 1.29 is 4.79 Å². The highest BCUT2D eigenvalue weighted by Crippen LogP contribution is 2.10. The first-order chi connectivity index (χ1) is 9.02. The van der Waals surface area contributed by atoms with Gasteiger partial charge in [-0.15, -0.1) is 0 Å². The minimum atomic E-state index is 0.0619. The van der Waals surface area contributed by atoms with E-state index in [9.17, 15) is 4.79 Å². The van der Waals surface area contributed by atoms with Crippen LogP contribution in [0.3, 0.4) is 0 Å². The lowest BCUT2D eigenvalue weighted by molar-refractivity contribution is -0.117. The first-order valence-corrected chi connectivity index (χ1v) is 6.88. The Morgan fingerprint density at radius 1 is 1.37 bits per heavy atom. The fourth-order valence-corrected chi connectivity index (χ4v) is 2.70. The third-order valence-corrected chi connectivity index (χ3v) is 3.30. The van der Waals surface area contributed by atoms with Crippen LogP contribution >= 0.6 is 0 Å². The van der Waals surface area contributed by atoms with Gasteiger partial charge in [0, 0.05) is 30.9 Å². The molecule has 0 bridgehead atoms. The van der Waals surface area contributed by atoms with Crippen LogP contribution in [0.25, 0.3) is 0 Å². The van der Waals surface area contributed by atoms with Crippen molar-refractivity contribution in [1.29, 1.82) is 0 Å². The summed E-state index contributed by atoms with van der Waals surface area (Å²) < 4.78 is 0. The van der Waals surface area contributed by atoms with Gasteiger partial charge in [-0.1, -0.05) is 12.1 Å². The van der Waals surface area contributed by atoms with Gasteiger partial charge in [0.2, 0.25) is 5.91 Å². The van der Waals surface area contributed by atoms with Gasteiger partial charge in [-0.2, -0.15) is 0 Å². The molecule has 0 aromatic heterocycles. The fourth-order valence-electron chi connectivity index (χ4n) is 2.70. The third kappa shape index (κ3) is 4.33. The second-order valence-electron chi connectivity index (χ2n) is 5.58. The molecule has 1 aliphatic heterocycles. The molecule has 1 aromatic carbocycles. The summed E-state index contributed by atoms with van der Waals surface area (Å²) in [4.78, 5) is 14.2. The van der Waals surface area contributed by atoms with Gasteiger partial charge < -0.3 is 10.6 Å². The Morgan fingerprint density at radius 3 is 2.68 bits per heavy atom. The monoisotopic (exact) mass is 261 g/mol. The second kappa shape index (κ2) is 6.17. The molecule has 2 atom stereocenters. The Kier molecular flexibility index (Phi) is 4.56. The Morgan fingerprint density at radius 2 is 2.05 bits per heavy atom. The van der Waals surface area contributed by atoms with Gasteiger partial charge in [0.25, 0.3) is 0 Å². The quantitative estimate of drug-likeness (QED) is 0.869. The highest BCUT2D eigenvalue weighted by molar-refractivity contribution is 5.92. The Bertz CT molecular complexity index is 437. The molecular formula is C15H23N3O. The summed E-state index contributed by atoms with van der Waals surface area (Å²) in [6.45, 7) is 8.64. The van der Waals surface area contributed by atoms with Gasteiger partial charge in [-0.3, -0.25) is 9.69 Å². The third-order valence-electron chi connectivity index (χ3n) is 3.30. The summed E-state index contributed by atoms with van der Waals surface area (Å²) in [5.41, 5.74) is 2.03. The standard InChI is InChI=1S/C15H23N3O/c1-11-5-4-6-14(7-11)17-15(19)10-18-8-12(2)16-13(3)9-18/h4-7,12-13,16H,8-10H2,1-3H3,(H,17,19). The van der Waals surface area contributed by atoms with Crippen LogP contribution in [0, 0.1) is 6.92 Å². The van der Waals surface area contributed by atoms with Gasteiger partial charge in [0.15, 0.2) is 0 Å². The first-order valence-electron chi connectivity index (χ1n) is 6.88. The number of carbonyl (C=O) groups excluding carboxylic acids is 1. The van der Waals surface area contributed by atoms with E-state index in [1.165, 1.54) is 0 Å². The normalized spacial score (nSPS) is 24.2. The number of nitrogens with zero attached hydrogens (tertiary/aromatic N) is 1. The van der Waals surface area contributed by atoms with Crippen LogP contribution in [-0.2, 0) is 4.79 Å². The fraction of sp³-hybridized carbons (Fsp3) is 0.533. The highest BCUT2D eigenvalue weighted by atomic mass is 16.2. The van der Waals surface area contributed by atoms with Crippen LogP contribution in [0.1, 0.15) is 19.4 Å². The van der Waals surface area contributed by atoms with Gasteiger partial charge in [0.1, 0.15) is 0 Å². The minimum absolute atomic E-state index is 0.0619. The summed E-state index contributed by atoms with van der Waals surface area (Å²) >= 11 is 0. The van der Waals surface area contributed by atoms with Gasteiger partial charge >= 0.3 is 0 Å². The van der Waals surface area contributed by atoms with E-state index in [1.54, 1.807) is 0 Å². The zero-order valence-corrected chi connectivity index (χ0v) is 11.9. The lowest BCUT2D eigenvalue weighted by Gasteiger charge is -2.35. The van der Waals surface area contributed by atoms with Crippen LogP contribution in [0.4, 0.5) is 5.69 Å². The molecule has 4 heteroatoms. The first kappa shape index (κ1) is 14.0. The molecule has 2 unspecified atom stereocenters. The van der Waals surface area contributed by atoms with Crippen LogP contribution < -0.4 is 10.6 Å². The molecule has 1 heterocycles. The van der Waals surface area contributed by atoms with E-state index in [0.717, 1.165) is 24.3 Å². The molecule has 1 aromatic rings. The second-order valence-corrected chi connectivity index (χ2v) is 5.58. The molecule has 0 spiro atoms. The van der Waals surface area contributed by atoms with Crippen LogP contribution in [0.2, 0.25) is 0 Å². The van der Waals surface area contributed by atoms with Crippen molar-refractivity contribution >= 4 is 11.6 Å². The van der Waals surface area contributed by atoms with E-state index in [1.807, 2.05) is 31.2 Å². The van der Waals surface area contributed by atoms with E-state index in [2.05, 4.69) is 29.4 Å². The predicted octanol–water partition coefficient (Wildman–Crippen LogP) is 1.62. The summed E-state index contributed by atoms with van der Waals surface area (Å²) in [5.74, 6) is 0.0619. The Labute approximate surface area is 115 Å². The predicted molar refractivity (Wildman–Crippen MR) is 78.3 cm³/mol. The van der Waals surface area contributed by atoms with Gasteiger partial charge in [-0.05, 0) is 38.5 Å². The number of hydrogen-bond donors (Lipinski definition) is 2. The number of nitrogens with one attached hydrogen (secondary N) is 2. The molecule has 104 valence electrons. The number of benzene rings is 1. The molecule has 1 saturated heterocycles. The lowest BCUT2D eigenvalue weighted by Crippen LogP contribution is -2.55. The van der Waals surface area contributed by atoms with E-state index in [-0.39, 0.29) is 5.91 Å². The van der Waals surface area contributed by atoms with E-state index < -0.39 is 0 Å². The molecule has 1 aliphatic rings. The molecule has 2 N–H and O–H groups in total. The molecule has 0 saturated carbocycles. The summed E-state index contributed by atoms with van der Waals surface area (Å²) in [6.07, 6.45) is 0.